The van der Waals surface area contributed by atoms with E-state index in [2.05, 4.69) is 44.1 Å². The van der Waals surface area contributed by atoms with E-state index in [-0.39, 0.29) is 6.04 Å². The Morgan fingerprint density at radius 3 is 2.90 bits per heavy atom. The summed E-state index contributed by atoms with van der Waals surface area (Å²) in [6.07, 6.45) is 3.45. The van der Waals surface area contributed by atoms with E-state index in [4.69, 9.17) is 11.6 Å². The summed E-state index contributed by atoms with van der Waals surface area (Å²) in [6, 6.07) is 8.52. The molecule has 0 amide bonds. The summed E-state index contributed by atoms with van der Waals surface area (Å²) < 4.78 is 0.829. The van der Waals surface area contributed by atoms with Crippen molar-refractivity contribution in [3.63, 3.8) is 0 Å². The Hall–Kier alpha value is -1.21. The zero-order valence-electron chi connectivity index (χ0n) is 11.3. The number of aromatic nitrogens is 3. The van der Waals surface area contributed by atoms with Gasteiger partial charge >= 0.3 is 0 Å². The Balaban J connectivity index is 1.60. The van der Waals surface area contributed by atoms with Crippen LogP contribution in [0.2, 0.25) is 4.34 Å². The number of nitrogens with one attached hydrogen (secondary N) is 2. The van der Waals surface area contributed by atoms with Gasteiger partial charge in [0.05, 0.1) is 10.4 Å². The van der Waals surface area contributed by atoms with Crippen molar-refractivity contribution in [1.82, 2.24) is 20.5 Å². The smallest absolute Gasteiger partial charge is 0.137 e. The molecule has 1 atom stereocenters. The average Bonchev–Trinajstić information content (AvgIpc) is 3.20. The average molecular weight is 339 g/mol. The highest BCUT2D eigenvalue weighted by Gasteiger charge is 2.16. The highest BCUT2D eigenvalue weighted by atomic mass is 35.5. The number of rotatable bonds is 7. The first kappa shape index (κ1) is 14.7. The largest absolute Gasteiger partial charge is 0.305 e. The van der Waals surface area contributed by atoms with Crippen LogP contribution >= 0.6 is 34.3 Å². The van der Waals surface area contributed by atoms with Crippen LogP contribution in [-0.4, -0.2) is 21.7 Å². The van der Waals surface area contributed by atoms with Gasteiger partial charge in [-0.05, 0) is 36.5 Å². The first-order valence-electron chi connectivity index (χ1n) is 6.69. The van der Waals surface area contributed by atoms with Gasteiger partial charge in [0.2, 0.25) is 0 Å². The molecule has 0 saturated carbocycles. The second kappa shape index (κ2) is 7.17. The van der Waals surface area contributed by atoms with Gasteiger partial charge in [0.25, 0.3) is 0 Å². The maximum Gasteiger partial charge on any atom is 0.137 e. The summed E-state index contributed by atoms with van der Waals surface area (Å²) in [7, 11) is 0. The molecular formula is C14H15ClN4S2. The van der Waals surface area contributed by atoms with Crippen LogP contribution in [0.15, 0.2) is 36.0 Å². The van der Waals surface area contributed by atoms with E-state index in [0.717, 1.165) is 29.5 Å². The van der Waals surface area contributed by atoms with Gasteiger partial charge in [-0.1, -0.05) is 17.7 Å². The predicted molar refractivity (Wildman–Crippen MR) is 88.2 cm³/mol. The quantitative estimate of drug-likeness (QED) is 0.642. The van der Waals surface area contributed by atoms with E-state index in [1.807, 2.05) is 6.07 Å². The van der Waals surface area contributed by atoms with Crippen molar-refractivity contribution in [2.45, 2.75) is 18.9 Å². The molecule has 0 spiro atoms. The fourth-order valence-electron chi connectivity index (χ4n) is 2.13. The number of aromatic amines is 1. The highest BCUT2D eigenvalue weighted by Crippen LogP contribution is 2.32. The molecule has 3 rings (SSSR count). The Labute approximate surface area is 136 Å². The van der Waals surface area contributed by atoms with Crippen molar-refractivity contribution in [3.05, 3.63) is 55.9 Å². The molecule has 3 heterocycles. The number of thiophene rings is 2. The van der Waals surface area contributed by atoms with Gasteiger partial charge < -0.3 is 5.32 Å². The van der Waals surface area contributed by atoms with Crippen molar-refractivity contribution < 1.29 is 0 Å². The van der Waals surface area contributed by atoms with Crippen molar-refractivity contribution in [2.24, 2.45) is 0 Å². The van der Waals surface area contributed by atoms with Crippen LogP contribution in [0, 0.1) is 0 Å². The van der Waals surface area contributed by atoms with E-state index in [1.54, 1.807) is 29.0 Å². The SMILES string of the molecule is Clc1ccc(C(NCCCc2ncn[nH]2)c2cccs2)s1. The van der Waals surface area contributed by atoms with Gasteiger partial charge in [-0.2, -0.15) is 5.10 Å². The van der Waals surface area contributed by atoms with Gasteiger partial charge in [0.15, 0.2) is 0 Å². The minimum Gasteiger partial charge on any atom is -0.305 e. The number of hydrogen-bond donors (Lipinski definition) is 2. The minimum absolute atomic E-state index is 0.220. The van der Waals surface area contributed by atoms with Crippen LogP contribution in [0.25, 0.3) is 0 Å². The van der Waals surface area contributed by atoms with Crippen LogP contribution in [0.1, 0.15) is 28.0 Å². The van der Waals surface area contributed by atoms with E-state index < -0.39 is 0 Å². The fourth-order valence-corrected chi connectivity index (χ4v) is 4.18. The lowest BCUT2D eigenvalue weighted by Gasteiger charge is -2.15. The first-order chi connectivity index (χ1) is 10.3. The van der Waals surface area contributed by atoms with Gasteiger partial charge in [0.1, 0.15) is 12.2 Å². The highest BCUT2D eigenvalue weighted by molar-refractivity contribution is 7.16. The lowest BCUT2D eigenvalue weighted by molar-refractivity contribution is 0.590. The molecule has 0 aliphatic rings. The summed E-state index contributed by atoms with van der Waals surface area (Å²) in [5, 5.41) is 12.5. The lowest BCUT2D eigenvalue weighted by Crippen LogP contribution is -2.22. The van der Waals surface area contributed by atoms with E-state index >= 15 is 0 Å². The third-order valence-electron chi connectivity index (χ3n) is 3.11. The van der Waals surface area contributed by atoms with E-state index in [9.17, 15) is 0 Å². The zero-order valence-corrected chi connectivity index (χ0v) is 13.6. The van der Waals surface area contributed by atoms with Crippen LogP contribution in [0.5, 0.6) is 0 Å². The molecular weight excluding hydrogens is 324 g/mol. The normalized spacial score (nSPS) is 12.6. The molecule has 7 heteroatoms. The first-order valence-corrected chi connectivity index (χ1v) is 8.76. The number of aryl methyl sites for hydroxylation is 1. The summed E-state index contributed by atoms with van der Waals surface area (Å²) >= 11 is 9.46. The summed E-state index contributed by atoms with van der Waals surface area (Å²) in [4.78, 5) is 6.70. The maximum absolute atomic E-state index is 6.07. The van der Waals surface area contributed by atoms with Gasteiger partial charge in [-0.25, -0.2) is 4.98 Å². The Morgan fingerprint density at radius 2 is 2.24 bits per heavy atom. The number of H-pyrrole nitrogens is 1. The number of halogens is 1. The van der Waals surface area contributed by atoms with Gasteiger partial charge in [-0.3, -0.25) is 5.10 Å². The molecule has 0 saturated heterocycles. The molecule has 3 aromatic rings. The molecule has 2 N–H and O–H groups in total. The fraction of sp³-hybridized carbons (Fsp3) is 0.286. The Bertz CT molecular complexity index is 648. The second-order valence-electron chi connectivity index (χ2n) is 4.58. The lowest BCUT2D eigenvalue weighted by atomic mass is 10.2. The van der Waals surface area contributed by atoms with Crippen LogP contribution < -0.4 is 5.32 Å². The Morgan fingerprint density at radius 1 is 1.29 bits per heavy atom. The molecule has 3 aromatic heterocycles. The molecule has 0 bridgehead atoms. The summed E-state index contributed by atoms with van der Waals surface area (Å²) in [5.41, 5.74) is 0. The molecule has 1 unspecified atom stereocenters. The molecule has 0 aliphatic carbocycles. The van der Waals surface area contributed by atoms with Crippen molar-refractivity contribution >= 4 is 34.3 Å². The monoisotopic (exact) mass is 338 g/mol. The molecule has 21 heavy (non-hydrogen) atoms. The maximum atomic E-state index is 6.07. The molecule has 0 aromatic carbocycles. The number of hydrogen-bond acceptors (Lipinski definition) is 5. The van der Waals surface area contributed by atoms with Gasteiger partial charge in [0, 0.05) is 16.2 Å². The van der Waals surface area contributed by atoms with Crippen molar-refractivity contribution in [2.75, 3.05) is 6.54 Å². The summed E-state index contributed by atoms with van der Waals surface area (Å²) in [6.45, 7) is 0.915. The van der Waals surface area contributed by atoms with E-state index in [0.29, 0.717) is 0 Å². The third-order valence-corrected chi connectivity index (χ3v) is 5.34. The van der Waals surface area contributed by atoms with Crippen molar-refractivity contribution in [3.8, 4) is 0 Å². The predicted octanol–water partition coefficient (Wildman–Crippen LogP) is 3.89. The summed E-state index contributed by atoms with van der Waals surface area (Å²) in [5.74, 6) is 0.934. The van der Waals surface area contributed by atoms with Crippen LogP contribution in [0.4, 0.5) is 0 Å². The standard InChI is InChI=1S/C14H15ClN4S2/c15-12-6-5-11(21-12)14(10-3-2-8-20-10)16-7-1-4-13-17-9-18-19-13/h2-3,5-6,8-9,14,16H,1,4,7H2,(H,17,18,19). The Kier molecular flexibility index (Phi) is 5.03. The molecule has 4 nitrogen and oxygen atoms in total. The second-order valence-corrected chi connectivity index (χ2v) is 7.31. The van der Waals surface area contributed by atoms with Gasteiger partial charge in [-0.15, -0.1) is 22.7 Å². The minimum atomic E-state index is 0.220. The molecule has 110 valence electrons. The molecule has 0 fully saturated rings. The van der Waals surface area contributed by atoms with E-state index in [1.165, 1.54) is 9.75 Å². The third kappa shape index (κ3) is 3.91. The van der Waals surface area contributed by atoms with Crippen LogP contribution in [-0.2, 0) is 6.42 Å². The molecule has 0 aliphatic heterocycles. The zero-order chi connectivity index (χ0) is 14.5. The number of nitrogens with zero attached hydrogens (tertiary/aromatic N) is 2. The molecule has 0 radical (unpaired) electrons. The topological polar surface area (TPSA) is 53.6 Å². The van der Waals surface area contributed by atoms with Crippen molar-refractivity contribution in [1.29, 1.82) is 0 Å². The van der Waals surface area contributed by atoms with Crippen LogP contribution in [0.3, 0.4) is 0 Å².